The van der Waals surface area contributed by atoms with E-state index in [2.05, 4.69) is 4.98 Å². The number of rotatable bonds is 4. The van der Waals surface area contributed by atoms with Crippen molar-refractivity contribution in [3.8, 4) is 0 Å². The first-order chi connectivity index (χ1) is 16.9. The molecule has 0 radical (unpaired) electrons. The summed E-state index contributed by atoms with van der Waals surface area (Å²) in [4.78, 5) is 44.3. The number of methoxy groups -OCH3 is 1. The normalized spacial score (nSPS) is 17.2. The van der Waals surface area contributed by atoms with Crippen molar-refractivity contribution in [3.05, 3.63) is 100 Å². The summed E-state index contributed by atoms with van der Waals surface area (Å²) >= 11 is 7.24. The molecule has 0 saturated carbocycles. The van der Waals surface area contributed by atoms with E-state index in [9.17, 15) is 19.5 Å². The van der Waals surface area contributed by atoms with Crippen molar-refractivity contribution < 1.29 is 24.2 Å². The van der Waals surface area contributed by atoms with Crippen LogP contribution in [-0.4, -0.2) is 34.9 Å². The second-order valence-electron chi connectivity index (χ2n) is 7.75. The van der Waals surface area contributed by atoms with Crippen molar-refractivity contribution in [1.29, 1.82) is 0 Å². The van der Waals surface area contributed by atoms with Crippen LogP contribution in [-0.2, 0) is 14.3 Å². The number of benzene rings is 3. The minimum Gasteiger partial charge on any atom is -0.507 e. The minimum absolute atomic E-state index is 0.0811. The van der Waals surface area contributed by atoms with E-state index in [-0.39, 0.29) is 11.3 Å². The molecule has 1 saturated heterocycles. The number of anilines is 1. The molecule has 1 N–H and O–H groups in total. The van der Waals surface area contributed by atoms with Gasteiger partial charge in [-0.3, -0.25) is 14.5 Å². The zero-order chi connectivity index (χ0) is 24.7. The number of carbonyl (C=O) groups excluding carboxylic acids is 3. The highest BCUT2D eigenvalue weighted by molar-refractivity contribution is 7.22. The highest BCUT2D eigenvalue weighted by Gasteiger charge is 2.48. The molecule has 0 unspecified atom stereocenters. The molecule has 0 aliphatic carbocycles. The fourth-order valence-corrected chi connectivity index (χ4v) is 5.11. The predicted octanol–water partition coefficient (Wildman–Crippen LogP) is 5.36. The Morgan fingerprint density at radius 2 is 1.66 bits per heavy atom. The summed E-state index contributed by atoms with van der Waals surface area (Å²) in [7, 11) is 1.28. The zero-order valence-electron chi connectivity index (χ0n) is 18.3. The van der Waals surface area contributed by atoms with Crippen LogP contribution >= 0.6 is 22.9 Å². The number of Topliss-reactive ketones (excluding diaryl/α,β-unsaturated/α-hetero) is 1. The molecular formula is C26H17ClN2O5S. The minimum atomic E-state index is -0.960. The Morgan fingerprint density at radius 1 is 1.00 bits per heavy atom. The van der Waals surface area contributed by atoms with Crippen LogP contribution in [0.3, 0.4) is 0 Å². The summed E-state index contributed by atoms with van der Waals surface area (Å²) in [6.45, 7) is 0. The zero-order valence-corrected chi connectivity index (χ0v) is 19.8. The van der Waals surface area contributed by atoms with Crippen LogP contribution in [0.5, 0.6) is 0 Å². The molecule has 9 heteroatoms. The molecule has 1 atom stereocenters. The van der Waals surface area contributed by atoms with Gasteiger partial charge in [0, 0.05) is 10.6 Å². The SMILES string of the molecule is COC(=O)c1ccc([C@@H]2C(=C(O)c3ccc(Cl)cc3)C(=O)C(=O)N2c2nc3ccccc3s2)cc1. The van der Waals surface area contributed by atoms with Crippen LogP contribution in [0.15, 0.2) is 78.4 Å². The van der Waals surface area contributed by atoms with Crippen LogP contribution in [0.25, 0.3) is 16.0 Å². The number of ether oxygens (including phenoxy) is 1. The van der Waals surface area contributed by atoms with Gasteiger partial charge in [-0.2, -0.15) is 0 Å². The fraction of sp³-hybridized carbons (Fsp3) is 0.0769. The van der Waals surface area contributed by atoms with Crippen molar-refractivity contribution in [1.82, 2.24) is 4.98 Å². The number of ketones is 1. The summed E-state index contributed by atoms with van der Waals surface area (Å²) in [6.07, 6.45) is 0. The fourth-order valence-electron chi connectivity index (χ4n) is 3.99. The molecule has 0 spiro atoms. The molecule has 4 aromatic rings. The number of amides is 1. The molecule has 1 fully saturated rings. The smallest absolute Gasteiger partial charge is 0.337 e. The molecule has 35 heavy (non-hydrogen) atoms. The Bertz CT molecular complexity index is 1480. The summed E-state index contributed by atoms with van der Waals surface area (Å²) in [5.41, 5.74) is 1.78. The average Bonchev–Trinajstić information content (AvgIpc) is 3.42. The number of halogens is 1. The third-order valence-corrected chi connectivity index (χ3v) is 6.99. The summed E-state index contributed by atoms with van der Waals surface area (Å²) in [6, 6.07) is 19.1. The number of hydrogen-bond acceptors (Lipinski definition) is 7. The quantitative estimate of drug-likeness (QED) is 0.174. The molecule has 1 aromatic heterocycles. The Balaban J connectivity index is 1.70. The van der Waals surface area contributed by atoms with Crippen molar-refractivity contribution in [2.75, 3.05) is 12.0 Å². The molecule has 1 amide bonds. The van der Waals surface area contributed by atoms with Gasteiger partial charge in [-0.25, -0.2) is 9.78 Å². The third-order valence-electron chi connectivity index (χ3n) is 5.70. The number of aliphatic hydroxyl groups is 1. The Kier molecular flexibility index (Phi) is 5.84. The number of aromatic nitrogens is 1. The standard InChI is InChI=1S/C26H17ClN2O5S/c1-34-25(33)16-8-6-14(7-9-16)21-20(22(30)15-10-12-17(27)13-11-15)23(31)24(32)29(21)26-28-18-4-2-3-5-19(18)35-26/h2-13,21,30H,1H3/t21-/m1/s1. The summed E-state index contributed by atoms with van der Waals surface area (Å²) < 4.78 is 5.61. The predicted molar refractivity (Wildman–Crippen MR) is 134 cm³/mol. The van der Waals surface area contributed by atoms with Crippen molar-refractivity contribution in [2.24, 2.45) is 0 Å². The monoisotopic (exact) mass is 504 g/mol. The van der Waals surface area contributed by atoms with Gasteiger partial charge < -0.3 is 9.84 Å². The van der Waals surface area contributed by atoms with E-state index in [1.165, 1.54) is 23.3 Å². The first-order valence-electron chi connectivity index (χ1n) is 10.5. The van der Waals surface area contributed by atoms with E-state index < -0.39 is 23.7 Å². The highest BCUT2D eigenvalue weighted by Crippen LogP contribution is 2.44. The molecule has 1 aliphatic rings. The van der Waals surface area contributed by atoms with Gasteiger partial charge in [-0.1, -0.05) is 47.2 Å². The van der Waals surface area contributed by atoms with Crippen LogP contribution in [0.1, 0.15) is 27.5 Å². The van der Waals surface area contributed by atoms with E-state index in [0.29, 0.717) is 32.4 Å². The molecule has 1 aliphatic heterocycles. The van der Waals surface area contributed by atoms with Crippen LogP contribution in [0.4, 0.5) is 5.13 Å². The summed E-state index contributed by atoms with van der Waals surface area (Å²) in [5, 5.41) is 12.0. The number of fused-ring (bicyclic) bond motifs is 1. The van der Waals surface area contributed by atoms with Crippen molar-refractivity contribution >= 4 is 61.7 Å². The molecule has 2 heterocycles. The van der Waals surface area contributed by atoms with E-state index in [1.807, 2.05) is 24.3 Å². The number of thiazole rings is 1. The van der Waals surface area contributed by atoms with Gasteiger partial charge in [0.2, 0.25) is 0 Å². The molecule has 5 rings (SSSR count). The largest absolute Gasteiger partial charge is 0.507 e. The van der Waals surface area contributed by atoms with E-state index in [1.54, 1.807) is 48.5 Å². The molecule has 0 bridgehead atoms. The first-order valence-corrected chi connectivity index (χ1v) is 11.7. The third kappa shape index (κ3) is 3.96. The number of hydrogen-bond donors (Lipinski definition) is 1. The number of carbonyl (C=O) groups is 3. The molecule has 174 valence electrons. The lowest BCUT2D eigenvalue weighted by atomic mass is 9.95. The Hall–Kier alpha value is -4.01. The van der Waals surface area contributed by atoms with E-state index in [0.717, 1.165) is 4.70 Å². The molecule has 3 aromatic carbocycles. The number of esters is 1. The molecular weight excluding hydrogens is 488 g/mol. The topological polar surface area (TPSA) is 96.8 Å². The van der Waals surface area contributed by atoms with Gasteiger partial charge in [0.15, 0.2) is 5.13 Å². The lowest BCUT2D eigenvalue weighted by Crippen LogP contribution is -2.29. The van der Waals surface area contributed by atoms with Gasteiger partial charge in [0.05, 0.1) is 34.5 Å². The maximum Gasteiger partial charge on any atom is 0.337 e. The average molecular weight is 505 g/mol. The maximum absolute atomic E-state index is 13.3. The lowest BCUT2D eigenvalue weighted by molar-refractivity contribution is -0.132. The lowest BCUT2D eigenvalue weighted by Gasteiger charge is -2.23. The van der Waals surface area contributed by atoms with E-state index in [4.69, 9.17) is 16.3 Å². The second-order valence-corrected chi connectivity index (χ2v) is 9.20. The van der Waals surface area contributed by atoms with Gasteiger partial charge in [0.25, 0.3) is 5.78 Å². The highest BCUT2D eigenvalue weighted by atomic mass is 35.5. The first kappa shape index (κ1) is 22.8. The van der Waals surface area contributed by atoms with Gasteiger partial charge in [0.1, 0.15) is 5.76 Å². The number of nitrogens with zero attached hydrogens (tertiary/aromatic N) is 2. The van der Waals surface area contributed by atoms with Gasteiger partial charge >= 0.3 is 11.9 Å². The second kappa shape index (κ2) is 8.98. The number of aliphatic hydroxyl groups excluding tert-OH is 1. The Morgan fingerprint density at radius 3 is 2.31 bits per heavy atom. The maximum atomic E-state index is 13.3. The van der Waals surface area contributed by atoms with Crippen LogP contribution < -0.4 is 4.90 Å². The van der Waals surface area contributed by atoms with Crippen molar-refractivity contribution in [3.63, 3.8) is 0 Å². The van der Waals surface area contributed by atoms with Crippen LogP contribution in [0.2, 0.25) is 5.02 Å². The van der Waals surface area contributed by atoms with E-state index >= 15 is 0 Å². The van der Waals surface area contributed by atoms with Gasteiger partial charge in [-0.05, 0) is 54.1 Å². The number of para-hydroxylation sites is 1. The van der Waals surface area contributed by atoms with Crippen molar-refractivity contribution in [2.45, 2.75) is 6.04 Å². The molecule has 7 nitrogen and oxygen atoms in total. The summed E-state index contributed by atoms with van der Waals surface area (Å²) in [5.74, 6) is -2.48. The van der Waals surface area contributed by atoms with Crippen LogP contribution in [0, 0.1) is 0 Å². The van der Waals surface area contributed by atoms with Gasteiger partial charge in [-0.15, -0.1) is 0 Å². The Labute approximate surface area is 208 Å².